The molecule has 1 aliphatic rings. The van der Waals surface area contributed by atoms with E-state index >= 15 is 0 Å². The van der Waals surface area contributed by atoms with Gasteiger partial charge in [0.1, 0.15) is 22.0 Å². The number of carbonyl (C=O) groups excluding carboxylic acids is 2. The molecular formula is C34H49N5O5S. The molecule has 0 saturated carbocycles. The fourth-order valence-electron chi connectivity index (χ4n) is 4.99. The van der Waals surface area contributed by atoms with Crippen molar-refractivity contribution in [1.29, 1.82) is 0 Å². The summed E-state index contributed by atoms with van der Waals surface area (Å²) in [5, 5.41) is 6.01. The Hall–Kier alpha value is -3.47. The molecule has 246 valence electrons. The number of carbonyl (C=O) groups is 2. The summed E-state index contributed by atoms with van der Waals surface area (Å²) in [6, 6.07) is 9.69. The number of hydrogen-bond acceptors (Lipinski definition) is 8. The number of likely N-dealkylation sites (tertiary alicyclic amines) is 1. The first-order valence-electron chi connectivity index (χ1n) is 15.8. The molecule has 3 heterocycles. The second kappa shape index (κ2) is 13.9. The van der Waals surface area contributed by atoms with Gasteiger partial charge in [-0.1, -0.05) is 32.0 Å². The average molecular weight is 640 g/mol. The Balaban J connectivity index is 1.71. The molecule has 2 amide bonds. The van der Waals surface area contributed by atoms with Crippen LogP contribution < -0.4 is 9.64 Å². The van der Waals surface area contributed by atoms with Gasteiger partial charge < -0.3 is 19.1 Å². The molecule has 1 aromatic carbocycles. The normalized spacial score (nSPS) is 14.7. The minimum absolute atomic E-state index is 0.0283. The molecule has 0 aliphatic carbocycles. The molecule has 11 heteroatoms. The van der Waals surface area contributed by atoms with Gasteiger partial charge in [0.2, 0.25) is 0 Å². The molecule has 3 aromatic rings. The number of ether oxygens (including phenoxy) is 3. The second-order valence-electron chi connectivity index (χ2n) is 14.1. The number of aromatic nitrogens is 3. The van der Waals surface area contributed by atoms with Gasteiger partial charge in [-0.2, -0.15) is 5.10 Å². The average Bonchev–Trinajstić information content (AvgIpc) is 3.35. The van der Waals surface area contributed by atoms with E-state index in [4.69, 9.17) is 24.3 Å². The summed E-state index contributed by atoms with van der Waals surface area (Å²) < 4.78 is 19.5. The van der Waals surface area contributed by atoms with E-state index < -0.39 is 17.3 Å². The summed E-state index contributed by atoms with van der Waals surface area (Å²) in [5.74, 6) is 0.872. The summed E-state index contributed by atoms with van der Waals surface area (Å²) in [6.45, 7) is 20.8. The van der Waals surface area contributed by atoms with Gasteiger partial charge in [-0.15, -0.1) is 11.8 Å². The first-order valence-corrected chi connectivity index (χ1v) is 16.7. The lowest BCUT2D eigenvalue weighted by Gasteiger charge is -2.33. The van der Waals surface area contributed by atoms with Gasteiger partial charge >= 0.3 is 12.2 Å². The van der Waals surface area contributed by atoms with Crippen LogP contribution in [0.3, 0.4) is 0 Å². The van der Waals surface area contributed by atoms with Gasteiger partial charge in [-0.05, 0) is 86.3 Å². The summed E-state index contributed by atoms with van der Waals surface area (Å²) in [5.41, 5.74) is 1.76. The van der Waals surface area contributed by atoms with Crippen LogP contribution in [0.1, 0.15) is 99.3 Å². The number of para-hydroxylation sites is 1. The predicted molar refractivity (Wildman–Crippen MR) is 178 cm³/mol. The third kappa shape index (κ3) is 9.28. The van der Waals surface area contributed by atoms with Crippen molar-refractivity contribution in [3.8, 4) is 5.75 Å². The van der Waals surface area contributed by atoms with Crippen LogP contribution in [0.5, 0.6) is 5.75 Å². The van der Waals surface area contributed by atoms with Crippen LogP contribution in [0, 0.1) is 0 Å². The summed E-state index contributed by atoms with van der Waals surface area (Å²) in [4.78, 5) is 34.7. The van der Waals surface area contributed by atoms with Gasteiger partial charge in [-0.25, -0.2) is 19.1 Å². The number of fused-ring (bicyclic) bond motifs is 1. The van der Waals surface area contributed by atoms with Crippen LogP contribution in [0.15, 0.2) is 41.6 Å². The molecule has 1 aliphatic heterocycles. The number of amides is 2. The highest BCUT2D eigenvalue weighted by molar-refractivity contribution is 7.99. The third-order valence-electron chi connectivity index (χ3n) is 6.99. The summed E-state index contributed by atoms with van der Waals surface area (Å²) in [7, 11) is 0. The minimum Gasteiger partial charge on any atom is -0.491 e. The molecule has 45 heavy (non-hydrogen) atoms. The smallest absolute Gasteiger partial charge is 0.415 e. The van der Waals surface area contributed by atoms with Gasteiger partial charge in [0, 0.05) is 23.9 Å². The Morgan fingerprint density at radius 2 is 1.64 bits per heavy atom. The molecule has 0 unspecified atom stereocenters. The first kappa shape index (κ1) is 34.4. The number of rotatable bonds is 8. The van der Waals surface area contributed by atoms with Crippen molar-refractivity contribution in [2.75, 3.05) is 18.0 Å². The van der Waals surface area contributed by atoms with Crippen molar-refractivity contribution in [3.05, 3.63) is 47.8 Å². The number of piperidine rings is 1. The van der Waals surface area contributed by atoms with E-state index in [1.54, 1.807) is 21.6 Å². The van der Waals surface area contributed by atoms with E-state index in [1.165, 1.54) is 0 Å². The SMILES string of the molecule is CC(C)Oc1ccccc1CN(C(=O)OC(C)(C)C)c1cc(SC2CCN(C(=O)OC(C)(C)C)CC2)nn2c(C(C)C)cnc12. The van der Waals surface area contributed by atoms with Crippen molar-refractivity contribution >= 4 is 35.3 Å². The minimum atomic E-state index is -0.704. The monoisotopic (exact) mass is 639 g/mol. The van der Waals surface area contributed by atoms with Crippen LogP contribution in [-0.4, -0.2) is 67.3 Å². The van der Waals surface area contributed by atoms with E-state index in [2.05, 4.69) is 13.8 Å². The Labute approximate surface area is 271 Å². The van der Waals surface area contributed by atoms with E-state index in [0.717, 1.165) is 29.1 Å². The molecular weight excluding hydrogens is 590 g/mol. The zero-order valence-electron chi connectivity index (χ0n) is 28.4. The molecule has 0 spiro atoms. The summed E-state index contributed by atoms with van der Waals surface area (Å²) in [6.07, 6.45) is 2.64. The predicted octanol–water partition coefficient (Wildman–Crippen LogP) is 8.07. The number of benzene rings is 1. The Kier molecular flexibility index (Phi) is 10.6. The molecule has 2 aromatic heterocycles. The molecule has 0 radical (unpaired) electrons. The quantitative estimate of drug-likeness (QED) is 0.244. The highest BCUT2D eigenvalue weighted by Gasteiger charge is 2.31. The molecule has 10 nitrogen and oxygen atoms in total. The number of nitrogens with zero attached hydrogens (tertiary/aromatic N) is 5. The van der Waals surface area contributed by atoms with E-state index in [0.29, 0.717) is 30.2 Å². The van der Waals surface area contributed by atoms with Crippen molar-refractivity contribution in [2.24, 2.45) is 0 Å². The fraction of sp³-hybridized carbons (Fsp3) is 0.588. The maximum atomic E-state index is 13.9. The molecule has 1 fully saturated rings. The van der Waals surface area contributed by atoms with Gasteiger partial charge in [0.25, 0.3) is 0 Å². The van der Waals surface area contributed by atoms with Crippen LogP contribution in [0.2, 0.25) is 0 Å². The van der Waals surface area contributed by atoms with Crippen molar-refractivity contribution in [2.45, 2.75) is 122 Å². The van der Waals surface area contributed by atoms with Crippen LogP contribution >= 0.6 is 11.8 Å². The molecule has 0 N–H and O–H groups in total. The Morgan fingerprint density at radius 3 is 2.24 bits per heavy atom. The van der Waals surface area contributed by atoms with E-state index in [9.17, 15) is 9.59 Å². The highest BCUT2D eigenvalue weighted by atomic mass is 32.2. The number of anilines is 1. The lowest BCUT2D eigenvalue weighted by Crippen LogP contribution is -2.42. The number of imidazole rings is 1. The number of thioether (sulfide) groups is 1. The van der Waals surface area contributed by atoms with Crippen LogP contribution in [-0.2, 0) is 16.0 Å². The van der Waals surface area contributed by atoms with Crippen LogP contribution in [0.4, 0.5) is 15.3 Å². The zero-order chi connectivity index (χ0) is 33.1. The zero-order valence-corrected chi connectivity index (χ0v) is 29.2. The molecule has 0 atom stereocenters. The molecule has 0 bridgehead atoms. The Bertz CT molecular complexity index is 1480. The van der Waals surface area contributed by atoms with Crippen molar-refractivity contribution < 1.29 is 23.8 Å². The topological polar surface area (TPSA) is 98.5 Å². The van der Waals surface area contributed by atoms with Crippen LogP contribution in [0.25, 0.3) is 5.65 Å². The summed E-state index contributed by atoms with van der Waals surface area (Å²) >= 11 is 1.66. The van der Waals surface area contributed by atoms with Crippen molar-refractivity contribution in [1.82, 2.24) is 19.5 Å². The van der Waals surface area contributed by atoms with Gasteiger partial charge in [0.05, 0.1) is 30.2 Å². The second-order valence-corrected chi connectivity index (χ2v) is 15.4. The highest BCUT2D eigenvalue weighted by Crippen LogP contribution is 2.36. The molecule has 4 rings (SSSR count). The van der Waals surface area contributed by atoms with Gasteiger partial charge in [-0.3, -0.25) is 4.90 Å². The van der Waals surface area contributed by atoms with Crippen molar-refractivity contribution in [3.63, 3.8) is 0 Å². The maximum absolute atomic E-state index is 13.9. The Morgan fingerprint density at radius 1 is 1.00 bits per heavy atom. The third-order valence-corrected chi connectivity index (χ3v) is 8.24. The lowest BCUT2D eigenvalue weighted by atomic mass is 10.1. The fourth-order valence-corrected chi connectivity index (χ4v) is 6.09. The number of hydrogen-bond donors (Lipinski definition) is 0. The van der Waals surface area contributed by atoms with Gasteiger partial charge in [0.15, 0.2) is 5.65 Å². The lowest BCUT2D eigenvalue weighted by molar-refractivity contribution is 0.0219. The first-order chi connectivity index (χ1) is 21.0. The van der Waals surface area contributed by atoms with E-state index in [1.807, 2.05) is 96.4 Å². The molecule has 1 saturated heterocycles. The largest absolute Gasteiger partial charge is 0.491 e. The maximum Gasteiger partial charge on any atom is 0.415 e. The van der Waals surface area contributed by atoms with E-state index in [-0.39, 0.29) is 29.9 Å². The standard InChI is InChI=1S/C34H49N5O5S/c1-22(2)27-20-35-30-26(38(32(41)44-34(8,9)10)21-24-13-11-12-14-28(24)42-23(3)4)19-29(36-39(27)30)45-25-15-17-37(18-16-25)31(40)43-33(5,6)7/h11-14,19-20,22-23,25H,15-18,21H2,1-10H3.